The highest BCUT2D eigenvalue weighted by molar-refractivity contribution is 5.08. The molecule has 1 saturated carbocycles. The maximum absolute atomic E-state index is 10.8. The molecule has 0 spiro atoms. The molecule has 140 valence electrons. The zero-order valence-electron chi connectivity index (χ0n) is 15.6. The van der Waals surface area contributed by atoms with E-state index in [1.54, 1.807) is 0 Å². The van der Waals surface area contributed by atoms with Crippen molar-refractivity contribution in [1.82, 2.24) is 0 Å². The maximum Gasteiger partial charge on any atom is 0.167 e. The molecule has 0 amide bonds. The van der Waals surface area contributed by atoms with Crippen molar-refractivity contribution in [3.8, 4) is 0 Å². The van der Waals surface area contributed by atoms with Gasteiger partial charge in [0.25, 0.3) is 0 Å². The molecule has 3 rings (SSSR count). The largest absolute Gasteiger partial charge is 0.387 e. The van der Waals surface area contributed by atoms with Gasteiger partial charge in [-0.2, -0.15) is 0 Å². The van der Waals surface area contributed by atoms with Crippen LogP contribution in [0.1, 0.15) is 54.4 Å². The number of hydrogen-bond acceptors (Lipinski definition) is 6. The Morgan fingerprint density at radius 1 is 0.667 bits per heavy atom. The van der Waals surface area contributed by atoms with Gasteiger partial charge in [0.1, 0.15) is 36.6 Å². The van der Waals surface area contributed by atoms with Crippen molar-refractivity contribution in [1.29, 1.82) is 0 Å². The molecule has 2 N–H and O–H groups in total. The van der Waals surface area contributed by atoms with Crippen molar-refractivity contribution in [2.75, 3.05) is 0 Å². The summed E-state index contributed by atoms with van der Waals surface area (Å²) in [4.78, 5) is 0. The van der Waals surface area contributed by atoms with Gasteiger partial charge in [-0.15, -0.1) is 0 Å². The van der Waals surface area contributed by atoms with E-state index in [2.05, 4.69) is 27.7 Å². The molecule has 2 aliphatic heterocycles. The Morgan fingerprint density at radius 2 is 0.917 bits per heavy atom. The van der Waals surface area contributed by atoms with Gasteiger partial charge in [-0.3, -0.25) is 0 Å². The Morgan fingerprint density at radius 3 is 1.12 bits per heavy atom. The van der Waals surface area contributed by atoms with Crippen LogP contribution in [-0.4, -0.2) is 58.4 Å². The van der Waals surface area contributed by atoms with Gasteiger partial charge in [0.15, 0.2) is 11.6 Å². The highest BCUT2D eigenvalue weighted by atomic mass is 16.8. The topological polar surface area (TPSA) is 77.4 Å². The molecule has 0 bridgehead atoms. The summed E-state index contributed by atoms with van der Waals surface area (Å²) >= 11 is 0. The van der Waals surface area contributed by atoms with E-state index in [1.165, 1.54) is 0 Å². The number of fused-ring (bicyclic) bond motifs is 2. The Balaban J connectivity index is 1.77. The number of ether oxygens (including phenoxy) is 4. The molecule has 4 unspecified atom stereocenters. The molecule has 0 aromatic carbocycles. The standard InChI is InChI=1S/C18H32O6/c1-9(2)7-17(5)21-13-11(19)15-16(12(20)14(13)22-17)24-18(6,23-15)8-10(3)4/h9-16,19-20H,7-8H2,1-6H3/t11?,12?,13-,14-,15-,16+,17?,18?/m0/s1. The third-order valence-corrected chi connectivity index (χ3v) is 5.09. The van der Waals surface area contributed by atoms with Crippen LogP contribution in [0.2, 0.25) is 0 Å². The fourth-order valence-corrected chi connectivity index (χ4v) is 4.58. The Hall–Kier alpha value is -0.240. The minimum absolute atomic E-state index is 0.380. The van der Waals surface area contributed by atoms with Crippen LogP contribution in [0, 0.1) is 11.8 Å². The van der Waals surface area contributed by atoms with E-state index in [4.69, 9.17) is 18.9 Å². The third kappa shape index (κ3) is 3.24. The van der Waals surface area contributed by atoms with Crippen LogP contribution in [0.4, 0.5) is 0 Å². The van der Waals surface area contributed by atoms with E-state index in [0.717, 1.165) is 0 Å². The average Bonchev–Trinajstić information content (AvgIpc) is 2.93. The zero-order chi connectivity index (χ0) is 17.9. The Kier molecular flexibility index (Phi) is 4.78. The third-order valence-electron chi connectivity index (χ3n) is 5.09. The molecular weight excluding hydrogens is 312 g/mol. The van der Waals surface area contributed by atoms with Gasteiger partial charge in [-0.05, 0) is 25.7 Å². The van der Waals surface area contributed by atoms with E-state index in [-0.39, 0.29) is 0 Å². The second-order valence-electron chi connectivity index (χ2n) is 8.77. The second kappa shape index (κ2) is 6.18. The molecular formula is C18H32O6. The first-order chi connectivity index (χ1) is 11.0. The summed E-state index contributed by atoms with van der Waals surface area (Å²) in [7, 11) is 0. The molecule has 0 aromatic heterocycles. The average molecular weight is 344 g/mol. The summed E-state index contributed by atoms with van der Waals surface area (Å²) in [5.74, 6) is -0.840. The lowest BCUT2D eigenvalue weighted by Crippen LogP contribution is -2.61. The molecule has 0 aromatic rings. The predicted octanol–water partition coefficient (Wildman–Crippen LogP) is 1.81. The van der Waals surface area contributed by atoms with E-state index < -0.39 is 48.2 Å². The first-order valence-corrected chi connectivity index (χ1v) is 9.11. The summed E-state index contributed by atoms with van der Waals surface area (Å²) in [5, 5.41) is 21.6. The fraction of sp³-hybridized carbons (Fsp3) is 1.00. The summed E-state index contributed by atoms with van der Waals surface area (Å²) in [6.07, 6.45) is -2.78. The monoisotopic (exact) mass is 344 g/mol. The summed E-state index contributed by atoms with van der Waals surface area (Å²) < 4.78 is 24.1. The molecule has 1 aliphatic carbocycles. The van der Waals surface area contributed by atoms with Crippen molar-refractivity contribution in [3.63, 3.8) is 0 Å². The van der Waals surface area contributed by atoms with Gasteiger partial charge >= 0.3 is 0 Å². The number of rotatable bonds is 4. The molecule has 8 atom stereocenters. The fourth-order valence-electron chi connectivity index (χ4n) is 4.58. The summed E-state index contributed by atoms with van der Waals surface area (Å²) in [5.41, 5.74) is 0. The first kappa shape index (κ1) is 18.5. The van der Waals surface area contributed by atoms with Crippen LogP contribution in [-0.2, 0) is 18.9 Å². The molecule has 0 radical (unpaired) electrons. The van der Waals surface area contributed by atoms with Gasteiger partial charge in [0, 0.05) is 12.8 Å². The van der Waals surface area contributed by atoms with Crippen molar-refractivity contribution >= 4 is 0 Å². The zero-order valence-corrected chi connectivity index (χ0v) is 15.6. The van der Waals surface area contributed by atoms with Crippen LogP contribution in [0.5, 0.6) is 0 Å². The highest BCUT2D eigenvalue weighted by Gasteiger charge is 2.63. The van der Waals surface area contributed by atoms with E-state index in [0.29, 0.717) is 24.7 Å². The minimum Gasteiger partial charge on any atom is -0.387 e. The van der Waals surface area contributed by atoms with Crippen LogP contribution < -0.4 is 0 Å². The van der Waals surface area contributed by atoms with Gasteiger partial charge in [0.2, 0.25) is 0 Å². The van der Waals surface area contributed by atoms with E-state index in [1.807, 2.05) is 13.8 Å². The molecule has 2 saturated heterocycles. The van der Waals surface area contributed by atoms with Crippen LogP contribution >= 0.6 is 0 Å². The number of hydrogen-bond donors (Lipinski definition) is 2. The molecule has 3 aliphatic rings. The lowest BCUT2D eigenvalue weighted by molar-refractivity contribution is -0.204. The Bertz CT molecular complexity index is 398. The van der Waals surface area contributed by atoms with Crippen LogP contribution in [0.25, 0.3) is 0 Å². The predicted molar refractivity (Wildman–Crippen MR) is 87.2 cm³/mol. The summed E-state index contributed by atoms with van der Waals surface area (Å²) in [6, 6.07) is 0. The lowest BCUT2D eigenvalue weighted by atomic mass is 9.85. The summed E-state index contributed by atoms with van der Waals surface area (Å²) in [6.45, 7) is 12.1. The van der Waals surface area contributed by atoms with Crippen molar-refractivity contribution in [3.05, 3.63) is 0 Å². The van der Waals surface area contributed by atoms with Crippen molar-refractivity contribution < 1.29 is 29.2 Å². The van der Waals surface area contributed by atoms with Gasteiger partial charge in [-0.1, -0.05) is 27.7 Å². The lowest BCUT2D eigenvalue weighted by Gasteiger charge is -2.38. The van der Waals surface area contributed by atoms with E-state index in [9.17, 15) is 10.2 Å². The number of aliphatic hydroxyl groups excluding tert-OH is 2. The molecule has 2 heterocycles. The highest BCUT2D eigenvalue weighted by Crippen LogP contribution is 2.46. The molecule has 6 heteroatoms. The van der Waals surface area contributed by atoms with Gasteiger partial charge in [0.05, 0.1) is 0 Å². The van der Waals surface area contributed by atoms with Crippen molar-refractivity contribution in [2.45, 2.75) is 103 Å². The normalized spacial score (nSPS) is 51.2. The van der Waals surface area contributed by atoms with Gasteiger partial charge < -0.3 is 29.2 Å². The quantitative estimate of drug-likeness (QED) is 0.810. The Labute approximate surface area is 144 Å². The van der Waals surface area contributed by atoms with E-state index >= 15 is 0 Å². The molecule has 24 heavy (non-hydrogen) atoms. The van der Waals surface area contributed by atoms with Crippen LogP contribution in [0.3, 0.4) is 0 Å². The maximum atomic E-state index is 10.8. The SMILES string of the molecule is CC(C)CC1(C)O[C@@H]2C(O)[C@@H]3OC(C)(CC(C)C)O[C@H]3C(O)[C@@H]2O1. The first-order valence-electron chi connectivity index (χ1n) is 9.11. The number of aliphatic hydroxyl groups is 2. The smallest absolute Gasteiger partial charge is 0.167 e. The van der Waals surface area contributed by atoms with Crippen LogP contribution in [0.15, 0.2) is 0 Å². The molecule has 3 fully saturated rings. The minimum atomic E-state index is -0.883. The van der Waals surface area contributed by atoms with Crippen molar-refractivity contribution in [2.24, 2.45) is 11.8 Å². The molecule has 6 nitrogen and oxygen atoms in total. The van der Waals surface area contributed by atoms with Gasteiger partial charge in [-0.25, -0.2) is 0 Å². The second-order valence-corrected chi connectivity index (χ2v) is 8.77.